The van der Waals surface area contributed by atoms with Gasteiger partial charge in [-0.15, -0.1) is 4.73 Å². The maximum atomic E-state index is 12.2. The Morgan fingerprint density at radius 1 is 1.29 bits per heavy atom. The molecule has 17 heavy (non-hydrogen) atoms. The van der Waals surface area contributed by atoms with E-state index in [0.717, 1.165) is 30.3 Å². The average molecular weight is 231 g/mol. The van der Waals surface area contributed by atoms with E-state index < -0.39 is 0 Å². The number of nitrogens with zero attached hydrogens (tertiary/aromatic N) is 1. The van der Waals surface area contributed by atoms with E-state index in [1.54, 1.807) is 0 Å². The van der Waals surface area contributed by atoms with Crippen LogP contribution in [0.2, 0.25) is 0 Å². The quantitative estimate of drug-likeness (QED) is 0.809. The van der Waals surface area contributed by atoms with E-state index in [-0.39, 0.29) is 5.56 Å². The molecule has 0 atom stereocenters. The molecule has 0 amide bonds. The number of benzene rings is 1. The molecule has 0 aliphatic heterocycles. The molecule has 1 aromatic carbocycles. The third-order valence-corrected chi connectivity index (χ3v) is 2.93. The first kappa shape index (κ1) is 11.7. The lowest BCUT2D eigenvalue weighted by Gasteiger charge is -2.12. The number of aromatic nitrogens is 1. The van der Waals surface area contributed by atoms with Crippen molar-refractivity contribution in [1.29, 1.82) is 0 Å². The van der Waals surface area contributed by atoms with E-state index in [1.165, 1.54) is 11.8 Å². The highest BCUT2D eigenvalue weighted by Crippen LogP contribution is 2.13. The van der Waals surface area contributed by atoms with Gasteiger partial charge in [-0.2, -0.15) is 0 Å². The monoisotopic (exact) mass is 231 g/mol. The molecule has 0 fully saturated rings. The van der Waals surface area contributed by atoms with Gasteiger partial charge in [0.25, 0.3) is 5.56 Å². The summed E-state index contributed by atoms with van der Waals surface area (Å²) in [7, 11) is 1.53. The SMILES string of the molecule is CCCCc1cc2ccccc2c(=O)n1OC. The second kappa shape index (κ2) is 5.04. The van der Waals surface area contributed by atoms with Gasteiger partial charge in [0.1, 0.15) is 7.11 Å². The number of hydrogen-bond donors (Lipinski definition) is 0. The van der Waals surface area contributed by atoms with Gasteiger partial charge in [0.2, 0.25) is 0 Å². The second-order valence-electron chi connectivity index (χ2n) is 4.11. The van der Waals surface area contributed by atoms with Gasteiger partial charge in [0.05, 0.1) is 11.1 Å². The molecule has 0 spiro atoms. The molecule has 1 aromatic heterocycles. The minimum Gasteiger partial charge on any atom is -0.414 e. The number of aryl methyl sites for hydroxylation is 1. The molecule has 1 heterocycles. The first-order valence-electron chi connectivity index (χ1n) is 5.96. The fraction of sp³-hybridized carbons (Fsp3) is 0.357. The van der Waals surface area contributed by atoms with Crippen LogP contribution in [0, 0.1) is 0 Å². The standard InChI is InChI=1S/C14H17NO2/c1-3-4-8-12-10-11-7-5-6-9-13(11)14(16)15(12)17-2/h5-7,9-10H,3-4,8H2,1-2H3. The maximum Gasteiger partial charge on any atom is 0.291 e. The van der Waals surface area contributed by atoms with E-state index in [1.807, 2.05) is 30.3 Å². The van der Waals surface area contributed by atoms with Crippen molar-refractivity contribution in [1.82, 2.24) is 4.73 Å². The molecule has 0 N–H and O–H groups in total. The van der Waals surface area contributed by atoms with E-state index in [2.05, 4.69) is 6.92 Å². The summed E-state index contributed by atoms with van der Waals surface area (Å²) in [5.41, 5.74) is 0.870. The molecule has 90 valence electrons. The Kier molecular flexibility index (Phi) is 3.47. The Morgan fingerprint density at radius 3 is 2.76 bits per heavy atom. The summed E-state index contributed by atoms with van der Waals surface area (Å²) in [6.45, 7) is 2.14. The molecule has 2 aromatic rings. The Morgan fingerprint density at radius 2 is 2.06 bits per heavy atom. The first-order valence-corrected chi connectivity index (χ1v) is 5.96. The lowest BCUT2D eigenvalue weighted by atomic mass is 10.1. The molecule has 3 nitrogen and oxygen atoms in total. The fourth-order valence-corrected chi connectivity index (χ4v) is 2.03. The predicted molar refractivity (Wildman–Crippen MR) is 69.3 cm³/mol. The van der Waals surface area contributed by atoms with E-state index in [4.69, 9.17) is 4.84 Å². The summed E-state index contributed by atoms with van der Waals surface area (Å²) in [5.74, 6) is 0. The molecule has 0 saturated carbocycles. The van der Waals surface area contributed by atoms with Crippen molar-refractivity contribution in [3.63, 3.8) is 0 Å². The van der Waals surface area contributed by atoms with Crippen LogP contribution in [0.4, 0.5) is 0 Å². The lowest BCUT2D eigenvalue weighted by Crippen LogP contribution is -2.28. The van der Waals surface area contributed by atoms with Gasteiger partial charge < -0.3 is 4.84 Å². The van der Waals surface area contributed by atoms with Crippen molar-refractivity contribution < 1.29 is 4.84 Å². The van der Waals surface area contributed by atoms with Crippen molar-refractivity contribution in [2.24, 2.45) is 0 Å². The molecular weight excluding hydrogens is 214 g/mol. The highest BCUT2D eigenvalue weighted by atomic mass is 16.6. The van der Waals surface area contributed by atoms with Gasteiger partial charge in [0, 0.05) is 0 Å². The number of fused-ring (bicyclic) bond motifs is 1. The topological polar surface area (TPSA) is 31.2 Å². The highest BCUT2D eigenvalue weighted by Gasteiger charge is 2.08. The molecule has 0 aliphatic carbocycles. The Hall–Kier alpha value is -1.77. The summed E-state index contributed by atoms with van der Waals surface area (Å²) >= 11 is 0. The summed E-state index contributed by atoms with van der Waals surface area (Å²) in [5, 5.41) is 1.69. The van der Waals surface area contributed by atoms with E-state index >= 15 is 0 Å². The van der Waals surface area contributed by atoms with Crippen LogP contribution in [0.5, 0.6) is 0 Å². The lowest BCUT2D eigenvalue weighted by molar-refractivity contribution is 0.150. The van der Waals surface area contributed by atoms with Gasteiger partial charge in [-0.05, 0) is 30.4 Å². The number of rotatable bonds is 4. The number of unbranched alkanes of at least 4 members (excludes halogenated alkanes) is 1. The summed E-state index contributed by atoms with van der Waals surface area (Å²) in [6, 6.07) is 9.65. The van der Waals surface area contributed by atoms with Gasteiger partial charge in [-0.3, -0.25) is 4.79 Å². The Bertz CT molecular complexity index is 572. The zero-order valence-corrected chi connectivity index (χ0v) is 10.3. The van der Waals surface area contributed by atoms with Crippen LogP contribution in [0.15, 0.2) is 35.1 Å². The van der Waals surface area contributed by atoms with Crippen molar-refractivity contribution >= 4 is 10.8 Å². The second-order valence-corrected chi connectivity index (χ2v) is 4.11. The van der Waals surface area contributed by atoms with Gasteiger partial charge in [0.15, 0.2) is 0 Å². The van der Waals surface area contributed by atoms with Crippen molar-refractivity contribution in [3.8, 4) is 0 Å². The molecule has 0 radical (unpaired) electrons. The Balaban J connectivity index is 2.62. The predicted octanol–water partition coefficient (Wildman–Crippen LogP) is 2.40. The van der Waals surface area contributed by atoms with Crippen molar-refractivity contribution in [2.75, 3.05) is 7.11 Å². The Labute approximate surface area is 101 Å². The zero-order valence-electron chi connectivity index (χ0n) is 10.3. The van der Waals surface area contributed by atoms with Gasteiger partial charge >= 0.3 is 0 Å². The average Bonchev–Trinajstić information content (AvgIpc) is 2.36. The van der Waals surface area contributed by atoms with Crippen LogP contribution in [0.3, 0.4) is 0 Å². The molecule has 0 bridgehead atoms. The fourth-order valence-electron chi connectivity index (χ4n) is 2.03. The zero-order chi connectivity index (χ0) is 12.3. The van der Waals surface area contributed by atoms with Crippen molar-refractivity contribution in [2.45, 2.75) is 26.2 Å². The van der Waals surface area contributed by atoms with Crippen LogP contribution in [-0.4, -0.2) is 11.8 Å². The van der Waals surface area contributed by atoms with Gasteiger partial charge in [-0.25, -0.2) is 0 Å². The van der Waals surface area contributed by atoms with E-state index in [9.17, 15) is 4.79 Å². The molecule has 0 unspecified atom stereocenters. The normalized spacial score (nSPS) is 10.7. The van der Waals surface area contributed by atoms with Crippen LogP contribution in [0.1, 0.15) is 25.5 Å². The summed E-state index contributed by atoms with van der Waals surface area (Å²) in [6.07, 6.45) is 3.02. The molecule has 3 heteroatoms. The molecule has 0 aliphatic rings. The summed E-state index contributed by atoms with van der Waals surface area (Å²) in [4.78, 5) is 17.4. The van der Waals surface area contributed by atoms with Crippen LogP contribution >= 0.6 is 0 Å². The first-order chi connectivity index (χ1) is 8.27. The van der Waals surface area contributed by atoms with Crippen LogP contribution in [0.25, 0.3) is 10.8 Å². The third-order valence-electron chi connectivity index (χ3n) is 2.93. The molecular formula is C14H17NO2. The maximum absolute atomic E-state index is 12.2. The van der Waals surface area contributed by atoms with Crippen LogP contribution < -0.4 is 10.4 Å². The van der Waals surface area contributed by atoms with Crippen LogP contribution in [-0.2, 0) is 6.42 Å². The minimum absolute atomic E-state index is 0.0725. The number of pyridine rings is 1. The van der Waals surface area contributed by atoms with Gasteiger partial charge in [-0.1, -0.05) is 31.5 Å². The largest absolute Gasteiger partial charge is 0.414 e. The highest BCUT2D eigenvalue weighted by molar-refractivity contribution is 5.81. The third kappa shape index (κ3) is 2.18. The minimum atomic E-state index is -0.0725. The molecule has 2 rings (SSSR count). The smallest absolute Gasteiger partial charge is 0.291 e. The molecule has 0 saturated heterocycles. The van der Waals surface area contributed by atoms with Crippen molar-refractivity contribution in [3.05, 3.63) is 46.4 Å². The number of hydrogen-bond acceptors (Lipinski definition) is 2. The van der Waals surface area contributed by atoms with E-state index in [0.29, 0.717) is 5.39 Å². The summed E-state index contributed by atoms with van der Waals surface area (Å²) < 4.78 is 1.40.